The smallest absolute Gasteiger partial charge is 0.125 e. The summed E-state index contributed by atoms with van der Waals surface area (Å²) < 4.78 is 0. The molecule has 1 aromatic carbocycles. The predicted molar refractivity (Wildman–Crippen MR) is 117 cm³/mol. The van der Waals surface area contributed by atoms with Gasteiger partial charge in [-0.05, 0) is 54.8 Å². The Kier molecular flexibility index (Phi) is 3.96. The van der Waals surface area contributed by atoms with E-state index in [2.05, 4.69) is 63.6 Å². The molecule has 5 rings (SSSR count). The zero-order valence-corrected chi connectivity index (χ0v) is 16.1. The van der Waals surface area contributed by atoms with Crippen molar-refractivity contribution in [2.75, 3.05) is 11.9 Å². The molecule has 0 saturated carbocycles. The van der Waals surface area contributed by atoms with Crippen molar-refractivity contribution in [2.45, 2.75) is 13.3 Å². The summed E-state index contributed by atoms with van der Waals surface area (Å²) in [5.41, 5.74) is 5.88. The van der Waals surface area contributed by atoms with E-state index in [0.717, 1.165) is 45.6 Å². The first-order valence-corrected chi connectivity index (χ1v) is 9.92. The molecule has 0 saturated heterocycles. The zero-order chi connectivity index (χ0) is 19.1. The summed E-state index contributed by atoms with van der Waals surface area (Å²) in [7, 11) is 0. The number of pyridine rings is 1. The van der Waals surface area contributed by atoms with Gasteiger partial charge >= 0.3 is 0 Å². The second kappa shape index (κ2) is 6.63. The summed E-state index contributed by atoms with van der Waals surface area (Å²) in [6, 6.07) is 10.6. The Morgan fingerprint density at radius 1 is 1.25 bits per heavy atom. The van der Waals surface area contributed by atoms with Crippen LogP contribution in [0.25, 0.3) is 26.7 Å². The zero-order valence-electron chi connectivity index (χ0n) is 15.3. The number of hydrogen-bond acceptors (Lipinski definition) is 5. The fourth-order valence-electron chi connectivity index (χ4n) is 3.61. The minimum absolute atomic E-state index is 0.546. The largest absolute Gasteiger partial charge is 0.361 e. The molecule has 2 N–H and O–H groups in total. The van der Waals surface area contributed by atoms with Crippen LogP contribution in [0, 0.1) is 18.3 Å². The van der Waals surface area contributed by atoms with Gasteiger partial charge in [0.25, 0.3) is 0 Å². The molecule has 0 unspecified atom stereocenters. The number of fused-ring (bicyclic) bond motifs is 2. The lowest BCUT2D eigenvalue weighted by atomic mass is 10.1. The molecular weight excluding hydrogens is 366 g/mol. The molecule has 136 valence electrons. The number of H-pyrrole nitrogens is 1. The van der Waals surface area contributed by atoms with E-state index in [4.69, 9.17) is 0 Å². The highest BCUT2D eigenvalue weighted by atomic mass is 32.1. The van der Waals surface area contributed by atoms with Crippen molar-refractivity contribution in [3.63, 3.8) is 0 Å². The number of rotatable bonds is 3. The average molecular weight is 383 g/mol. The maximum atomic E-state index is 9.66. The number of aliphatic imine (C=N–C) groups is 1. The molecule has 0 spiro atoms. The predicted octanol–water partition coefficient (Wildman–Crippen LogP) is 5.56. The molecule has 1 aliphatic rings. The third-order valence-corrected chi connectivity index (χ3v) is 6.27. The fourth-order valence-corrected chi connectivity index (χ4v) is 4.67. The molecule has 0 fully saturated rings. The van der Waals surface area contributed by atoms with Crippen molar-refractivity contribution < 1.29 is 0 Å². The molecule has 0 amide bonds. The number of benzene rings is 1. The molecule has 5 nitrogen and oxygen atoms in total. The van der Waals surface area contributed by atoms with Gasteiger partial charge in [0.2, 0.25) is 0 Å². The Labute approximate surface area is 166 Å². The average Bonchev–Trinajstić information content (AvgIpc) is 3.38. The number of aromatic amines is 1. The first-order chi connectivity index (χ1) is 13.7. The second-order valence-corrected chi connectivity index (χ2v) is 7.82. The van der Waals surface area contributed by atoms with Crippen LogP contribution < -0.4 is 5.32 Å². The van der Waals surface area contributed by atoms with Gasteiger partial charge < -0.3 is 10.3 Å². The first kappa shape index (κ1) is 16.7. The number of nitriles is 1. The third-order valence-electron chi connectivity index (χ3n) is 5.15. The molecule has 28 heavy (non-hydrogen) atoms. The highest BCUT2D eigenvalue weighted by Gasteiger charge is 2.16. The lowest BCUT2D eigenvalue weighted by molar-refractivity contribution is 1.02. The summed E-state index contributed by atoms with van der Waals surface area (Å²) in [6.07, 6.45) is 8.47. The highest BCUT2D eigenvalue weighted by molar-refractivity contribution is 7.19. The summed E-state index contributed by atoms with van der Waals surface area (Å²) in [6.45, 7) is 2.91. The topological polar surface area (TPSA) is 76.9 Å². The summed E-state index contributed by atoms with van der Waals surface area (Å²) in [5.74, 6) is 0. The van der Waals surface area contributed by atoms with Gasteiger partial charge in [0, 0.05) is 52.0 Å². The van der Waals surface area contributed by atoms with E-state index in [9.17, 15) is 5.26 Å². The monoisotopic (exact) mass is 383 g/mol. The number of hydrogen-bond donors (Lipinski definition) is 2. The van der Waals surface area contributed by atoms with Crippen LogP contribution in [-0.2, 0) is 0 Å². The Bertz CT molecular complexity index is 1320. The van der Waals surface area contributed by atoms with E-state index in [-0.39, 0.29) is 0 Å². The van der Waals surface area contributed by atoms with Gasteiger partial charge in [-0.2, -0.15) is 5.26 Å². The molecule has 0 atom stereocenters. The molecule has 3 aromatic heterocycles. The number of anilines is 2. The van der Waals surface area contributed by atoms with E-state index >= 15 is 0 Å². The molecule has 0 bridgehead atoms. The van der Waals surface area contributed by atoms with Gasteiger partial charge in [-0.15, -0.1) is 11.3 Å². The molecule has 4 heterocycles. The molecular formula is C22H17N5S. The van der Waals surface area contributed by atoms with E-state index in [1.807, 2.05) is 12.4 Å². The highest BCUT2D eigenvalue weighted by Crippen LogP contribution is 2.38. The van der Waals surface area contributed by atoms with Crippen LogP contribution in [0.15, 0.2) is 47.7 Å². The van der Waals surface area contributed by atoms with Crippen molar-refractivity contribution >= 4 is 55.6 Å². The summed E-state index contributed by atoms with van der Waals surface area (Å²) >= 11 is 1.66. The molecule has 0 radical (unpaired) electrons. The molecule has 1 aliphatic heterocycles. The summed E-state index contributed by atoms with van der Waals surface area (Å²) in [4.78, 5) is 14.1. The number of dihydropyridines is 1. The van der Waals surface area contributed by atoms with Gasteiger partial charge in [-0.1, -0.05) is 0 Å². The number of aromatic nitrogens is 2. The number of aryl methyl sites for hydroxylation is 1. The summed E-state index contributed by atoms with van der Waals surface area (Å²) in [5, 5.41) is 15.3. The fraction of sp³-hybridized carbons (Fsp3) is 0.136. The van der Waals surface area contributed by atoms with Gasteiger partial charge in [0.1, 0.15) is 10.9 Å². The quantitative estimate of drug-likeness (QED) is 0.486. The van der Waals surface area contributed by atoms with Crippen molar-refractivity contribution in [1.29, 1.82) is 5.26 Å². The first-order valence-electron chi connectivity index (χ1n) is 9.10. The van der Waals surface area contributed by atoms with Crippen LogP contribution in [-0.4, -0.2) is 22.7 Å². The van der Waals surface area contributed by atoms with Crippen LogP contribution in [0.1, 0.15) is 22.4 Å². The van der Waals surface area contributed by atoms with Gasteiger partial charge in [0.05, 0.1) is 11.3 Å². The van der Waals surface area contributed by atoms with Gasteiger partial charge in [-0.25, -0.2) is 4.98 Å². The Hall–Kier alpha value is -3.43. The van der Waals surface area contributed by atoms with Crippen LogP contribution >= 0.6 is 11.3 Å². The van der Waals surface area contributed by atoms with Crippen molar-refractivity contribution in [3.8, 4) is 6.07 Å². The normalized spacial score (nSPS) is 13.6. The van der Waals surface area contributed by atoms with E-state index in [1.165, 1.54) is 15.8 Å². The maximum absolute atomic E-state index is 9.66. The standard InChI is InChI=1S/C22H17N5S/c1-13-16-6-9-25-19(16)3-2-18(13)27-21-15(11-23)12-26-22-17(21)10-20(28-22)14-4-7-24-8-5-14/h2-4,6-7,9-10,12,25H,5,8H2,1H3,(H,26,27). The third kappa shape index (κ3) is 2.68. The van der Waals surface area contributed by atoms with Crippen molar-refractivity contribution in [1.82, 2.24) is 9.97 Å². The van der Waals surface area contributed by atoms with Crippen molar-refractivity contribution in [3.05, 3.63) is 58.7 Å². The molecule has 4 aromatic rings. The molecule has 6 heteroatoms. The Morgan fingerprint density at radius 3 is 3.00 bits per heavy atom. The second-order valence-electron chi connectivity index (χ2n) is 6.79. The van der Waals surface area contributed by atoms with Gasteiger partial charge in [-0.3, -0.25) is 4.99 Å². The van der Waals surface area contributed by atoms with E-state index < -0.39 is 0 Å². The Balaban J connectivity index is 1.65. The van der Waals surface area contributed by atoms with Gasteiger partial charge in [0.15, 0.2) is 0 Å². The Morgan fingerprint density at radius 2 is 2.18 bits per heavy atom. The van der Waals surface area contributed by atoms with E-state index in [0.29, 0.717) is 5.56 Å². The SMILES string of the molecule is Cc1c(Nc2c(C#N)cnc3sc(C4=CC=NCC4)cc23)ccc2[nH]ccc12. The minimum Gasteiger partial charge on any atom is -0.361 e. The number of nitrogens with one attached hydrogen (secondary N) is 2. The molecule has 0 aliphatic carbocycles. The van der Waals surface area contributed by atoms with Crippen LogP contribution in [0.5, 0.6) is 0 Å². The van der Waals surface area contributed by atoms with E-state index in [1.54, 1.807) is 17.5 Å². The lowest BCUT2D eigenvalue weighted by Gasteiger charge is -2.13. The number of thiophene rings is 1. The minimum atomic E-state index is 0.546. The number of allylic oxidation sites excluding steroid dienone is 1. The lowest BCUT2D eigenvalue weighted by Crippen LogP contribution is -1.97. The number of nitrogens with zero attached hydrogens (tertiary/aromatic N) is 3. The van der Waals surface area contributed by atoms with Crippen LogP contribution in [0.2, 0.25) is 0 Å². The van der Waals surface area contributed by atoms with Crippen LogP contribution in [0.4, 0.5) is 11.4 Å². The van der Waals surface area contributed by atoms with Crippen LogP contribution in [0.3, 0.4) is 0 Å². The van der Waals surface area contributed by atoms with Crippen molar-refractivity contribution in [2.24, 2.45) is 4.99 Å². The maximum Gasteiger partial charge on any atom is 0.125 e.